The highest BCUT2D eigenvalue weighted by Crippen LogP contribution is 2.19. The Morgan fingerprint density at radius 2 is 1.62 bits per heavy atom. The van der Waals surface area contributed by atoms with Gasteiger partial charge in [-0.15, -0.1) is 0 Å². The number of aromatic hydroxyl groups is 1. The van der Waals surface area contributed by atoms with Crippen LogP contribution in [-0.4, -0.2) is 33.9 Å². The van der Waals surface area contributed by atoms with Gasteiger partial charge in [-0.05, 0) is 48.7 Å². The average molecular weight is 329 g/mol. The number of nitrogens with one attached hydrogen (secondary N) is 1. The first-order chi connectivity index (χ1) is 11.5. The molecule has 0 saturated carbocycles. The van der Waals surface area contributed by atoms with Crippen molar-refractivity contribution in [2.75, 3.05) is 6.54 Å². The lowest BCUT2D eigenvalue weighted by molar-refractivity contribution is -0.136. The van der Waals surface area contributed by atoms with Crippen molar-refractivity contribution in [2.45, 2.75) is 31.9 Å². The van der Waals surface area contributed by atoms with E-state index in [-0.39, 0.29) is 18.2 Å². The Morgan fingerprint density at radius 1 is 1.04 bits per heavy atom. The highest BCUT2D eigenvalue weighted by atomic mass is 16.4. The number of hydrogen-bond donors (Lipinski definition) is 4. The molecule has 2 aromatic rings. The Bertz CT molecular complexity index is 652. The number of aliphatic carboxylic acids is 1. The first kappa shape index (κ1) is 18.0. The van der Waals surface area contributed by atoms with Crippen LogP contribution in [0.4, 0.5) is 0 Å². The second kappa shape index (κ2) is 8.47. The zero-order valence-electron chi connectivity index (χ0n) is 13.6. The van der Waals surface area contributed by atoms with Gasteiger partial charge in [-0.25, -0.2) is 0 Å². The zero-order valence-corrected chi connectivity index (χ0v) is 13.6. The van der Waals surface area contributed by atoms with Gasteiger partial charge >= 0.3 is 5.97 Å². The van der Waals surface area contributed by atoms with E-state index in [1.54, 1.807) is 24.3 Å². The van der Waals surface area contributed by atoms with E-state index < -0.39 is 12.1 Å². The van der Waals surface area contributed by atoms with Gasteiger partial charge in [0, 0.05) is 6.04 Å². The van der Waals surface area contributed by atoms with Gasteiger partial charge in [0.05, 0.1) is 12.5 Å². The van der Waals surface area contributed by atoms with Gasteiger partial charge in [0.1, 0.15) is 5.75 Å². The molecule has 0 aliphatic heterocycles. The quantitative estimate of drug-likeness (QED) is 0.596. The maximum Gasteiger partial charge on any atom is 0.307 e. The molecule has 0 unspecified atom stereocenters. The van der Waals surface area contributed by atoms with Crippen LogP contribution in [0.1, 0.15) is 29.7 Å². The summed E-state index contributed by atoms with van der Waals surface area (Å²) in [6.45, 7) is 2.61. The van der Waals surface area contributed by atoms with Crippen molar-refractivity contribution >= 4 is 5.97 Å². The lowest BCUT2D eigenvalue weighted by atomic mass is 10.0. The summed E-state index contributed by atoms with van der Waals surface area (Å²) in [5.74, 6) is -0.653. The van der Waals surface area contributed by atoms with Gasteiger partial charge in [-0.2, -0.15) is 0 Å². The summed E-state index contributed by atoms with van der Waals surface area (Å²) < 4.78 is 0. The lowest BCUT2D eigenvalue weighted by Crippen LogP contribution is -2.33. The molecule has 0 fully saturated rings. The SMILES string of the molecule is C[C@H](NCCc1ccc(CC(=O)O)cc1)[C@H](O)c1ccc(O)cc1. The standard InChI is InChI=1S/C19H23NO4/c1-13(19(24)16-6-8-17(21)9-7-16)20-11-10-14-2-4-15(5-3-14)12-18(22)23/h2-9,13,19-21,24H,10-12H2,1H3,(H,22,23)/t13-,19-/m0/s1. The van der Waals surface area contributed by atoms with Crippen LogP contribution in [0.25, 0.3) is 0 Å². The van der Waals surface area contributed by atoms with Crippen molar-refractivity contribution in [3.8, 4) is 5.75 Å². The second-order valence-electron chi connectivity index (χ2n) is 5.92. The maximum absolute atomic E-state index is 10.7. The molecule has 0 bridgehead atoms. The number of carboxylic acids is 1. The van der Waals surface area contributed by atoms with Crippen LogP contribution in [0.3, 0.4) is 0 Å². The summed E-state index contributed by atoms with van der Waals surface area (Å²) in [6.07, 6.45) is 0.178. The number of carboxylic acid groups (broad SMARTS) is 1. The third-order valence-corrected chi connectivity index (χ3v) is 3.97. The number of phenolic OH excluding ortho intramolecular Hbond substituents is 1. The molecule has 0 amide bonds. The summed E-state index contributed by atoms with van der Waals surface area (Å²) in [4.78, 5) is 10.7. The number of phenols is 1. The van der Waals surface area contributed by atoms with E-state index in [9.17, 15) is 15.0 Å². The van der Waals surface area contributed by atoms with E-state index in [0.717, 1.165) is 23.1 Å². The average Bonchev–Trinajstić information content (AvgIpc) is 2.56. The van der Waals surface area contributed by atoms with E-state index in [4.69, 9.17) is 5.11 Å². The fraction of sp³-hybridized carbons (Fsp3) is 0.316. The lowest BCUT2D eigenvalue weighted by Gasteiger charge is -2.20. The van der Waals surface area contributed by atoms with Crippen LogP contribution in [0.2, 0.25) is 0 Å². The Kier molecular flexibility index (Phi) is 6.35. The highest BCUT2D eigenvalue weighted by molar-refractivity contribution is 5.70. The Hall–Kier alpha value is -2.37. The molecule has 5 nitrogen and oxygen atoms in total. The van der Waals surface area contributed by atoms with Gasteiger partial charge in [0.2, 0.25) is 0 Å². The minimum atomic E-state index is -0.832. The van der Waals surface area contributed by atoms with Crippen LogP contribution >= 0.6 is 0 Å². The third kappa shape index (κ3) is 5.37. The van der Waals surface area contributed by atoms with Gasteiger partial charge in [-0.1, -0.05) is 36.4 Å². The molecule has 0 aromatic heterocycles. The molecule has 0 aliphatic rings. The van der Waals surface area contributed by atoms with Crippen LogP contribution < -0.4 is 5.32 Å². The Labute approximate surface area is 141 Å². The molecule has 0 spiro atoms. The molecule has 0 heterocycles. The van der Waals surface area contributed by atoms with Gasteiger partial charge in [0.25, 0.3) is 0 Å². The van der Waals surface area contributed by atoms with Crippen molar-refractivity contribution in [2.24, 2.45) is 0 Å². The van der Waals surface area contributed by atoms with E-state index >= 15 is 0 Å². The third-order valence-electron chi connectivity index (χ3n) is 3.97. The fourth-order valence-corrected chi connectivity index (χ4v) is 2.51. The normalized spacial score (nSPS) is 13.4. The first-order valence-corrected chi connectivity index (χ1v) is 7.95. The molecular formula is C19H23NO4. The predicted octanol–water partition coefficient (Wildman–Crippen LogP) is 2.27. The molecule has 5 heteroatoms. The molecule has 2 aromatic carbocycles. The summed E-state index contributed by atoms with van der Waals surface area (Å²) in [5.41, 5.74) is 2.66. The van der Waals surface area contributed by atoms with E-state index in [0.29, 0.717) is 6.54 Å². The number of hydrogen-bond acceptors (Lipinski definition) is 4. The summed E-state index contributed by atoms with van der Waals surface area (Å²) in [6, 6.07) is 13.9. The molecule has 0 aliphatic carbocycles. The number of carbonyl (C=O) groups is 1. The summed E-state index contributed by atoms with van der Waals surface area (Å²) in [5, 5.41) is 31.6. The molecular weight excluding hydrogens is 306 g/mol. The van der Waals surface area contributed by atoms with Crippen molar-refractivity contribution in [1.29, 1.82) is 0 Å². The molecule has 0 saturated heterocycles. The number of aliphatic hydroxyl groups excluding tert-OH is 1. The van der Waals surface area contributed by atoms with Crippen LogP contribution in [-0.2, 0) is 17.6 Å². The topological polar surface area (TPSA) is 89.8 Å². The summed E-state index contributed by atoms with van der Waals surface area (Å²) >= 11 is 0. The molecule has 0 radical (unpaired) electrons. The zero-order chi connectivity index (χ0) is 17.5. The number of benzene rings is 2. The molecule has 2 rings (SSSR count). The van der Waals surface area contributed by atoms with E-state index in [1.807, 2.05) is 31.2 Å². The predicted molar refractivity (Wildman–Crippen MR) is 92.0 cm³/mol. The highest BCUT2D eigenvalue weighted by Gasteiger charge is 2.15. The van der Waals surface area contributed by atoms with Crippen molar-refractivity contribution in [3.05, 3.63) is 65.2 Å². The first-order valence-electron chi connectivity index (χ1n) is 7.95. The minimum Gasteiger partial charge on any atom is -0.508 e. The molecule has 4 N–H and O–H groups in total. The van der Waals surface area contributed by atoms with Crippen LogP contribution in [0.15, 0.2) is 48.5 Å². The van der Waals surface area contributed by atoms with E-state index in [2.05, 4.69) is 5.32 Å². The maximum atomic E-state index is 10.7. The fourth-order valence-electron chi connectivity index (χ4n) is 2.51. The smallest absolute Gasteiger partial charge is 0.307 e. The van der Waals surface area contributed by atoms with Crippen LogP contribution in [0, 0.1) is 0 Å². The van der Waals surface area contributed by atoms with Gasteiger partial charge in [-0.3, -0.25) is 4.79 Å². The number of rotatable bonds is 8. The minimum absolute atomic E-state index is 0.0361. The molecule has 2 atom stereocenters. The summed E-state index contributed by atoms with van der Waals surface area (Å²) in [7, 11) is 0. The van der Waals surface area contributed by atoms with E-state index in [1.165, 1.54) is 0 Å². The van der Waals surface area contributed by atoms with Crippen molar-refractivity contribution < 1.29 is 20.1 Å². The largest absolute Gasteiger partial charge is 0.508 e. The monoisotopic (exact) mass is 329 g/mol. The van der Waals surface area contributed by atoms with Crippen molar-refractivity contribution in [1.82, 2.24) is 5.32 Å². The molecule has 128 valence electrons. The Morgan fingerprint density at radius 3 is 2.21 bits per heavy atom. The van der Waals surface area contributed by atoms with Gasteiger partial charge in [0.15, 0.2) is 0 Å². The van der Waals surface area contributed by atoms with Crippen LogP contribution in [0.5, 0.6) is 5.75 Å². The molecule has 24 heavy (non-hydrogen) atoms. The second-order valence-corrected chi connectivity index (χ2v) is 5.92. The van der Waals surface area contributed by atoms with Crippen molar-refractivity contribution in [3.63, 3.8) is 0 Å². The number of aliphatic hydroxyl groups is 1. The van der Waals surface area contributed by atoms with Gasteiger partial charge < -0.3 is 20.6 Å². The Balaban J connectivity index is 1.80.